The van der Waals surface area contributed by atoms with E-state index >= 15 is 0 Å². The van der Waals surface area contributed by atoms with Crippen molar-refractivity contribution in [3.63, 3.8) is 0 Å². The monoisotopic (exact) mass is 224 g/mol. The van der Waals surface area contributed by atoms with Gasteiger partial charge in [0.2, 0.25) is 0 Å². The summed E-state index contributed by atoms with van der Waals surface area (Å²) in [6.45, 7) is 6.00. The molecule has 0 aliphatic heterocycles. The Kier molecular flexibility index (Phi) is 5.76. The highest BCUT2D eigenvalue weighted by Crippen LogP contribution is 2.15. The van der Waals surface area contributed by atoms with E-state index in [9.17, 15) is 4.55 Å². The van der Waals surface area contributed by atoms with E-state index < -0.39 is 11.4 Å². The summed E-state index contributed by atoms with van der Waals surface area (Å²) in [5, 5.41) is 0. The largest absolute Gasteiger partial charge is 0.593 e. The molecule has 0 bridgehead atoms. The number of benzene rings is 1. The highest BCUT2D eigenvalue weighted by Gasteiger charge is 2.19. The third-order valence-electron chi connectivity index (χ3n) is 2.07. The Hall–Kier alpha value is -0.510. The van der Waals surface area contributed by atoms with Gasteiger partial charge in [0.05, 0.1) is 11.4 Å². The molecule has 1 aromatic carbocycles. The second kappa shape index (κ2) is 6.88. The lowest BCUT2D eigenvalue weighted by Gasteiger charge is -2.22. The van der Waals surface area contributed by atoms with Crippen LogP contribution in [0.4, 0.5) is 0 Å². The molecule has 1 radical (unpaired) electrons. The Morgan fingerprint density at radius 3 is 2.20 bits per heavy atom. The third kappa shape index (κ3) is 3.86. The molecule has 0 aliphatic carbocycles. The van der Waals surface area contributed by atoms with Crippen LogP contribution in [-0.4, -0.2) is 21.9 Å². The van der Waals surface area contributed by atoms with Gasteiger partial charge in [-0.1, -0.05) is 13.8 Å². The first-order valence-electron chi connectivity index (χ1n) is 5.42. The Morgan fingerprint density at radius 2 is 1.73 bits per heavy atom. The molecule has 1 atom stereocenters. The SMILES string of the molecule is CCCN(CCC)[S+]([O-])c1cc[c]cc1. The molecule has 0 N–H and O–H groups in total. The first-order valence-corrected chi connectivity index (χ1v) is 6.53. The molecule has 15 heavy (non-hydrogen) atoms. The molecule has 0 saturated heterocycles. The molecule has 0 heterocycles. The summed E-state index contributed by atoms with van der Waals surface area (Å²) in [7, 11) is 0. The van der Waals surface area contributed by atoms with Gasteiger partial charge in [0.25, 0.3) is 0 Å². The highest BCUT2D eigenvalue weighted by molar-refractivity contribution is 7.89. The van der Waals surface area contributed by atoms with Crippen LogP contribution in [0, 0.1) is 6.07 Å². The second-order valence-electron chi connectivity index (χ2n) is 3.41. The summed E-state index contributed by atoms with van der Waals surface area (Å²) in [5.74, 6) is 0. The normalized spacial score (nSPS) is 13.1. The summed E-state index contributed by atoms with van der Waals surface area (Å²) in [6, 6.07) is 10.3. The molecule has 0 amide bonds. The molecule has 2 nitrogen and oxygen atoms in total. The molecular weight excluding hydrogens is 206 g/mol. The number of nitrogens with zero attached hydrogens (tertiary/aromatic N) is 1. The van der Waals surface area contributed by atoms with E-state index in [1.807, 2.05) is 28.6 Å². The van der Waals surface area contributed by atoms with Crippen molar-refractivity contribution in [2.75, 3.05) is 13.1 Å². The van der Waals surface area contributed by atoms with E-state index in [0.717, 1.165) is 30.8 Å². The zero-order chi connectivity index (χ0) is 11.1. The molecule has 3 heteroatoms. The average molecular weight is 224 g/mol. The third-order valence-corrected chi connectivity index (χ3v) is 3.58. The van der Waals surface area contributed by atoms with Gasteiger partial charge in [-0.3, -0.25) is 0 Å². The van der Waals surface area contributed by atoms with E-state index in [2.05, 4.69) is 19.9 Å². The predicted molar refractivity (Wildman–Crippen MR) is 63.8 cm³/mol. The summed E-state index contributed by atoms with van der Waals surface area (Å²) in [5.41, 5.74) is 0. The Labute approximate surface area is 95.6 Å². The van der Waals surface area contributed by atoms with Gasteiger partial charge < -0.3 is 4.55 Å². The fraction of sp³-hybridized carbons (Fsp3) is 0.500. The minimum atomic E-state index is -1.01. The zero-order valence-electron chi connectivity index (χ0n) is 9.40. The van der Waals surface area contributed by atoms with Gasteiger partial charge in [0.1, 0.15) is 0 Å². The summed E-state index contributed by atoms with van der Waals surface area (Å²) >= 11 is -1.01. The van der Waals surface area contributed by atoms with Crippen LogP contribution in [0.25, 0.3) is 0 Å². The van der Waals surface area contributed by atoms with Crippen molar-refractivity contribution in [1.82, 2.24) is 4.31 Å². The molecule has 1 aromatic rings. The molecule has 83 valence electrons. The van der Waals surface area contributed by atoms with Crippen molar-refractivity contribution >= 4 is 11.4 Å². The van der Waals surface area contributed by atoms with Gasteiger partial charge in [-0.25, -0.2) is 0 Å². The van der Waals surface area contributed by atoms with Crippen molar-refractivity contribution < 1.29 is 4.55 Å². The Bertz CT molecular complexity index is 260. The van der Waals surface area contributed by atoms with Crippen LogP contribution in [0.5, 0.6) is 0 Å². The van der Waals surface area contributed by atoms with Gasteiger partial charge >= 0.3 is 0 Å². The maximum Gasteiger partial charge on any atom is 0.174 e. The van der Waals surface area contributed by atoms with Crippen molar-refractivity contribution in [2.45, 2.75) is 31.6 Å². The first kappa shape index (κ1) is 12.6. The van der Waals surface area contributed by atoms with E-state index in [-0.39, 0.29) is 0 Å². The summed E-state index contributed by atoms with van der Waals surface area (Å²) < 4.78 is 14.2. The minimum absolute atomic E-state index is 0.871. The molecule has 0 fully saturated rings. The minimum Gasteiger partial charge on any atom is -0.593 e. The van der Waals surface area contributed by atoms with Crippen molar-refractivity contribution in [3.05, 3.63) is 30.3 Å². The van der Waals surface area contributed by atoms with E-state index in [1.54, 1.807) is 0 Å². The van der Waals surface area contributed by atoms with Crippen LogP contribution < -0.4 is 0 Å². The summed E-state index contributed by atoms with van der Waals surface area (Å²) in [6.07, 6.45) is 2.06. The number of rotatable bonds is 6. The fourth-order valence-corrected chi connectivity index (χ4v) is 2.78. The lowest BCUT2D eigenvalue weighted by molar-refractivity contribution is 0.409. The average Bonchev–Trinajstić information content (AvgIpc) is 2.29. The fourth-order valence-electron chi connectivity index (χ4n) is 1.41. The second-order valence-corrected chi connectivity index (χ2v) is 4.90. The standard InChI is InChI=1S/C12H18NOS/c1-3-10-13(11-4-2)15(14)12-8-6-5-7-9-12/h6-9H,3-4,10-11H2,1-2H3. The van der Waals surface area contributed by atoms with E-state index in [0.29, 0.717) is 0 Å². The van der Waals surface area contributed by atoms with Crippen molar-refractivity contribution in [3.8, 4) is 0 Å². The van der Waals surface area contributed by atoms with Crippen LogP contribution in [0.3, 0.4) is 0 Å². The lowest BCUT2D eigenvalue weighted by atomic mass is 10.4. The highest BCUT2D eigenvalue weighted by atomic mass is 32.2. The van der Waals surface area contributed by atoms with Crippen LogP contribution in [-0.2, 0) is 11.4 Å². The Balaban J connectivity index is 2.67. The first-order chi connectivity index (χ1) is 7.29. The van der Waals surface area contributed by atoms with E-state index in [1.165, 1.54) is 0 Å². The number of hydrogen-bond acceptors (Lipinski definition) is 2. The molecule has 0 spiro atoms. The smallest absolute Gasteiger partial charge is 0.174 e. The van der Waals surface area contributed by atoms with Crippen molar-refractivity contribution in [2.24, 2.45) is 0 Å². The van der Waals surface area contributed by atoms with Gasteiger partial charge in [0, 0.05) is 13.1 Å². The van der Waals surface area contributed by atoms with Crippen LogP contribution in [0.1, 0.15) is 26.7 Å². The molecule has 0 aliphatic rings. The predicted octanol–water partition coefficient (Wildman–Crippen LogP) is 2.63. The zero-order valence-corrected chi connectivity index (χ0v) is 10.2. The molecule has 0 saturated carbocycles. The van der Waals surface area contributed by atoms with Crippen LogP contribution in [0.2, 0.25) is 0 Å². The lowest BCUT2D eigenvalue weighted by Crippen LogP contribution is -2.32. The molecule has 0 aromatic heterocycles. The Morgan fingerprint density at radius 1 is 1.20 bits per heavy atom. The maximum atomic E-state index is 12.1. The summed E-state index contributed by atoms with van der Waals surface area (Å²) in [4.78, 5) is 0.871. The molecule has 1 rings (SSSR count). The molecule has 1 unspecified atom stereocenters. The van der Waals surface area contributed by atoms with Gasteiger partial charge in [0.15, 0.2) is 4.90 Å². The number of hydrogen-bond donors (Lipinski definition) is 0. The quantitative estimate of drug-likeness (QED) is 0.694. The van der Waals surface area contributed by atoms with Gasteiger partial charge in [-0.15, -0.1) is 4.31 Å². The molecular formula is C12H18NOS. The van der Waals surface area contributed by atoms with Gasteiger partial charge in [-0.2, -0.15) is 0 Å². The van der Waals surface area contributed by atoms with Crippen LogP contribution in [0.15, 0.2) is 29.2 Å². The van der Waals surface area contributed by atoms with Gasteiger partial charge in [-0.05, 0) is 43.2 Å². The topological polar surface area (TPSA) is 26.3 Å². The van der Waals surface area contributed by atoms with Crippen molar-refractivity contribution in [1.29, 1.82) is 0 Å². The van der Waals surface area contributed by atoms with Crippen LogP contribution >= 0.6 is 0 Å². The van der Waals surface area contributed by atoms with E-state index in [4.69, 9.17) is 0 Å². The maximum absolute atomic E-state index is 12.1.